The molecule has 1 aromatic carbocycles. The minimum Gasteiger partial charge on any atom is -0.349 e. The fourth-order valence-electron chi connectivity index (χ4n) is 2.91. The van der Waals surface area contributed by atoms with Gasteiger partial charge in [0.15, 0.2) is 0 Å². The number of benzene rings is 1. The van der Waals surface area contributed by atoms with Crippen molar-refractivity contribution in [2.45, 2.75) is 38.8 Å². The van der Waals surface area contributed by atoms with Crippen LogP contribution in [0, 0.1) is 12.7 Å². The Labute approximate surface area is 113 Å². The molecule has 2 nitrogen and oxygen atoms in total. The van der Waals surface area contributed by atoms with E-state index in [1.807, 2.05) is 13.0 Å². The Bertz CT molecular complexity index is 601. The van der Waals surface area contributed by atoms with Crippen molar-refractivity contribution in [2.75, 3.05) is 0 Å². The van der Waals surface area contributed by atoms with Crippen molar-refractivity contribution in [1.82, 2.24) is 4.57 Å². The Kier molecular flexibility index (Phi) is 3.15. The molecular weight excluding hydrogens is 239 g/mol. The van der Waals surface area contributed by atoms with E-state index in [4.69, 9.17) is 5.73 Å². The van der Waals surface area contributed by atoms with Gasteiger partial charge in [0.2, 0.25) is 0 Å². The summed E-state index contributed by atoms with van der Waals surface area (Å²) < 4.78 is 15.3. The highest BCUT2D eigenvalue weighted by Crippen LogP contribution is 2.29. The van der Waals surface area contributed by atoms with Crippen LogP contribution in [-0.4, -0.2) is 4.57 Å². The van der Waals surface area contributed by atoms with Gasteiger partial charge in [0.25, 0.3) is 0 Å². The molecule has 0 spiro atoms. The van der Waals surface area contributed by atoms with Gasteiger partial charge >= 0.3 is 0 Å². The quantitative estimate of drug-likeness (QED) is 0.880. The molecule has 1 aromatic heterocycles. The van der Waals surface area contributed by atoms with Crippen LogP contribution in [0.3, 0.4) is 0 Å². The van der Waals surface area contributed by atoms with Crippen molar-refractivity contribution in [3.8, 4) is 0 Å². The lowest BCUT2D eigenvalue weighted by Crippen LogP contribution is -2.15. The van der Waals surface area contributed by atoms with Gasteiger partial charge in [-0.15, -0.1) is 0 Å². The minimum atomic E-state index is -0.171. The van der Waals surface area contributed by atoms with Gasteiger partial charge in [-0.05, 0) is 60.6 Å². The third-order valence-corrected chi connectivity index (χ3v) is 4.02. The van der Waals surface area contributed by atoms with Gasteiger partial charge in [0.05, 0.1) is 0 Å². The maximum atomic E-state index is 13.1. The topological polar surface area (TPSA) is 30.9 Å². The summed E-state index contributed by atoms with van der Waals surface area (Å²) in [6.45, 7) is 2.74. The number of halogens is 1. The standard InChI is InChI=1S/C16H19FN2/c1-11-7-14(17)6-5-12(11)8-19-9-13-3-2-4-16(18)15(13)10-19/h5-7,9-10,16H,2-4,8,18H2,1H3. The average molecular weight is 258 g/mol. The van der Waals surface area contributed by atoms with Crippen LogP contribution in [0.4, 0.5) is 4.39 Å². The normalized spacial score (nSPS) is 18.4. The molecule has 0 radical (unpaired) electrons. The third-order valence-electron chi connectivity index (χ3n) is 4.02. The zero-order valence-corrected chi connectivity index (χ0v) is 11.2. The average Bonchev–Trinajstić information content (AvgIpc) is 2.77. The maximum absolute atomic E-state index is 13.1. The fourth-order valence-corrected chi connectivity index (χ4v) is 2.91. The molecule has 3 rings (SSSR count). The van der Waals surface area contributed by atoms with Crippen LogP contribution in [0.15, 0.2) is 30.6 Å². The highest BCUT2D eigenvalue weighted by atomic mass is 19.1. The molecule has 1 atom stereocenters. The van der Waals surface area contributed by atoms with E-state index in [9.17, 15) is 4.39 Å². The Morgan fingerprint density at radius 3 is 2.95 bits per heavy atom. The second-order valence-electron chi connectivity index (χ2n) is 5.48. The summed E-state index contributed by atoms with van der Waals surface area (Å²) in [6, 6.07) is 5.16. The van der Waals surface area contributed by atoms with E-state index in [0.717, 1.165) is 30.5 Å². The number of hydrogen-bond donors (Lipinski definition) is 1. The second-order valence-corrected chi connectivity index (χ2v) is 5.48. The van der Waals surface area contributed by atoms with Crippen LogP contribution < -0.4 is 5.73 Å². The number of aromatic nitrogens is 1. The molecule has 1 aliphatic rings. The van der Waals surface area contributed by atoms with Crippen molar-refractivity contribution < 1.29 is 4.39 Å². The lowest BCUT2D eigenvalue weighted by Gasteiger charge is -2.17. The molecule has 3 heteroatoms. The zero-order valence-electron chi connectivity index (χ0n) is 11.2. The van der Waals surface area contributed by atoms with Gasteiger partial charge < -0.3 is 10.3 Å². The first-order valence-electron chi connectivity index (χ1n) is 6.82. The van der Waals surface area contributed by atoms with E-state index in [-0.39, 0.29) is 11.9 Å². The summed E-state index contributed by atoms with van der Waals surface area (Å²) in [6.07, 6.45) is 7.72. The second kappa shape index (κ2) is 4.82. The molecule has 0 fully saturated rings. The monoisotopic (exact) mass is 258 g/mol. The van der Waals surface area contributed by atoms with Crippen LogP contribution in [0.25, 0.3) is 0 Å². The number of aryl methyl sites for hydroxylation is 2. The van der Waals surface area contributed by atoms with Crippen molar-refractivity contribution in [1.29, 1.82) is 0 Å². The van der Waals surface area contributed by atoms with Crippen LogP contribution >= 0.6 is 0 Å². The molecule has 19 heavy (non-hydrogen) atoms. The molecule has 0 saturated carbocycles. The molecule has 0 saturated heterocycles. The van der Waals surface area contributed by atoms with Gasteiger partial charge in [-0.2, -0.15) is 0 Å². The number of rotatable bonds is 2. The third kappa shape index (κ3) is 2.43. The number of fused-ring (bicyclic) bond motifs is 1. The van der Waals surface area contributed by atoms with E-state index in [0.29, 0.717) is 0 Å². The van der Waals surface area contributed by atoms with Crippen LogP contribution in [0.5, 0.6) is 0 Å². The zero-order chi connectivity index (χ0) is 13.4. The molecule has 2 aromatic rings. The largest absolute Gasteiger partial charge is 0.349 e. The van der Waals surface area contributed by atoms with E-state index in [1.54, 1.807) is 6.07 Å². The predicted octanol–water partition coefficient (Wildman–Crippen LogP) is 3.32. The molecule has 1 unspecified atom stereocenters. The lowest BCUT2D eigenvalue weighted by molar-refractivity contribution is 0.573. The fraction of sp³-hybridized carbons (Fsp3) is 0.375. The van der Waals surface area contributed by atoms with Crippen molar-refractivity contribution >= 4 is 0 Å². The number of nitrogens with two attached hydrogens (primary N) is 1. The summed E-state index contributed by atoms with van der Waals surface area (Å²) in [5.74, 6) is -0.171. The summed E-state index contributed by atoms with van der Waals surface area (Å²) >= 11 is 0. The lowest BCUT2D eigenvalue weighted by atomic mass is 9.92. The Morgan fingerprint density at radius 1 is 1.37 bits per heavy atom. The first-order valence-corrected chi connectivity index (χ1v) is 6.82. The highest BCUT2D eigenvalue weighted by Gasteiger charge is 2.18. The van der Waals surface area contributed by atoms with Gasteiger partial charge in [-0.3, -0.25) is 0 Å². The summed E-state index contributed by atoms with van der Waals surface area (Å²) in [5, 5.41) is 0. The van der Waals surface area contributed by atoms with E-state index in [1.165, 1.54) is 23.6 Å². The van der Waals surface area contributed by atoms with Crippen molar-refractivity contribution in [3.63, 3.8) is 0 Å². The number of nitrogens with zero attached hydrogens (tertiary/aromatic N) is 1. The van der Waals surface area contributed by atoms with E-state index in [2.05, 4.69) is 17.0 Å². The minimum absolute atomic E-state index is 0.171. The Morgan fingerprint density at radius 2 is 2.21 bits per heavy atom. The van der Waals surface area contributed by atoms with E-state index < -0.39 is 0 Å². The molecule has 2 N–H and O–H groups in total. The molecule has 0 aliphatic heterocycles. The smallest absolute Gasteiger partial charge is 0.123 e. The van der Waals surface area contributed by atoms with Crippen LogP contribution in [0.2, 0.25) is 0 Å². The molecule has 1 aliphatic carbocycles. The molecule has 0 bridgehead atoms. The molecule has 0 amide bonds. The van der Waals surface area contributed by atoms with Gasteiger partial charge in [-0.1, -0.05) is 6.07 Å². The predicted molar refractivity (Wildman–Crippen MR) is 74.5 cm³/mol. The summed E-state index contributed by atoms with van der Waals surface area (Å²) in [5.41, 5.74) is 10.9. The highest BCUT2D eigenvalue weighted by molar-refractivity contribution is 5.32. The van der Waals surface area contributed by atoms with Crippen molar-refractivity contribution in [2.24, 2.45) is 5.73 Å². The summed E-state index contributed by atoms with van der Waals surface area (Å²) in [7, 11) is 0. The molecule has 100 valence electrons. The first kappa shape index (κ1) is 12.4. The Hall–Kier alpha value is -1.61. The maximum Gasteiger partial charge on any atom is 0.123 e. The van der Waals surface area contributed by atoms with Crippen LogP contribution in [-0.2, 0) is 13.0 Å². The summed E-state index contributed by atoms with van der Waals surface area (Å²) in [4.78, 5) is 0. The van der Waals surface area contributed by atoms with Gasteiger partial charge in [0.1, 0.15) is 5.82 Å². The number of hydrogen-bond acceptors (Lipinski definition) is 1. The first-order chi connectivity index (χ1) is 9.13. The van der Waals surface area contributed by atoms with Crippen LogP contribution in [0.1, 0.15) is 41.1 Å². The van der Waals surface area contributed by atoms with Gasteiger partial charge in [-0.25, -0.2) is 4.39 Å². The SMILES string of the molecule is Cc1cc(F)ccc1Cn1cc2c(c1)C(N)CCC2. The van der Waals surface area contributed by atoms with Crippen molar-refractivity contribution in [3.05, 3.63) is 58.7 Å². The van der Waals surface area contributed by atoms with Gasteiger partial charge in [0, 0.05) is 25.0 Å². The Balaban J connectivity index is 1.87. The molecule has 1 heterocycles. The molecular formula is C16H19FN2. The van der Waals surface area contributed by atoms with E-state index >= 15 is 0 Å².